The molecule has 0 spiro atoms. The number of hydrogen-bond acceptors (Lipinski definition) is 3. The molecule has 0 radical (unpaired) electrons. The Morgan fingerprint density at radius 1 is 1.28 bits per heavy atom. The molecule has 1 saturated heterocycles. The molecule has 1 atom stereocenters. The van der Waals surface area contributed by atoms with Crippen molar-refractivity contribution in [3.8, 4) is 0 Å². The molecule has 1 aromatic rings. The van der Waals surface area contributed by atoms with Crippen molar-refractivity contribution in [2.45, 2.75) is 51.1 Å². The fourth-order valence-corrected chi connectivity index (χ4v) is 2.73. The van der Waals surface area contributed by atoms with Gasteiger partial charge in [-0.25, -0.2) is 4.98 Å². The summed E-state index contributed by atoms with van der Waals surface area (Å²) in [5, 5.41) is 3.67. The van der Waals surface area contributed by atoms with E-state index in [9.17, 15) is 0 Å². The summed E-state index contributed by atoms with van der Waals surface area (Å²) in [7, 11) is 0. The van der Waals surface area contributed by atoms with Gasteiger partial charge in [-0.15, -0.1) is 0 Å². The number of rotatable bonds is 4. The topological polar surface area (TPSA) is 28.2 Å². The molecule has 2 heterocycles. The fraction of sp³-hybridized carbons (Fsp3) is 0.667. The SMILES string of the molecule is Cc1ccc(N2CCCCC2CNC2CC2)nc1. The van der Waals surface area contributed by atoms with E-state index in [4.69, 9.17) is 0 Å². The molecule has 3 rings (SSSR count). The number of piperidine rings is 1. The summed E-state index contributed by atoms with van der Waals surface area (Å²) in [6, 6.07) is 5.78. The minimum Gasteiger partial charge on any atom is -0.352 e. The number of pyridine rings is 1. The average molecular weight is 245 g/mol. The van der Waals surface area contributed by atoms with E-state index in [1.54, 1.807) is 0 Å². The average Bonchev–Trinajstić information content (AvgIpc) is 3.22. The molecule has 1 aliphatic carbocycles. The third-order valence-electron chi connectivity index (χ3n) is 4.04. The minimum absolute atomic E-state index is 0.634. The van der Waals surface area contributed by atoms with Crippen LogP contribution in [0.4, 0.5) is 5.82 Å². The largest absolute Gasteiger partial charge is 0.352 e. The molecule has 1 aromatic heterocycles. The van der Waals surface area contributed by atoms with Gasteiger partial charge < -0.3 is 10.2 Å². The van der Waals surface area contributed by atoms with Crippen LogP contribution in [0.2, 0.25) is 0 Å². The van der Waals surface area contributed by atoms with E-state index in [1.807, 2.05) is 6.20 Å². The number of anilines is 1. The van der Waals surface area contributed by atoms with E-state index >= 15 is 0 Å². The number of hydrogen-bond donors (Lipinski definition) is 1. The van der Waals surface area contributed by atoms with Crippen LogP contribution in [0.1, 0.15) is 37.7 Å². The van der Waals surface area contributed by atoms with Gasteiger partial charge in [0.2, 0.25) is 0 Å². The summed E-state index contributed by atoms with van der Waals surface area (Å²) in [5.41, 5.74) is 1.24. The number of aryl methyl sites for hydroxylation is 1. The van der Waals surface area contributed by atoms with E-state index < -0.39 is 0 Å². The van der Waals surface area contributed by atoms with E-state index in [-0.39, 0.29) is 0 Å². The predicted octanol–water partition coefficient (Wildman–Crippen LogP) is 2.50. The molecule has 1 aliphatic heterocycles. The third-order valence-corrected chi connectivity index (χ3v) is 4.04. The van der Waals surface area contributed by atoms with Crippen molar-refractivity contribution >= 4 is 5.82 Å². The molecule has 0 amide bonds. The Labute approximate surface area is 110 Å². The van der Waals surface area contributed by atoms with E-state index in [0.717, 1.165) is 24.9 Å². The Bertz CT molecular complexity index is 383. The molecule has 1 saturated carbocycles. The zero-order valence-electron chi connectivity index (χ0n) is 11.2. The molecule has 98 valence electrons. The molecule has 18 heavy (non-hydrogen) atoms. The van der Waals surface area contributed by atoms with Crippen LogP contribution in [0, 0.1) is 6.92 Å². The maximum atomic E-state index is 4.59. The Kier molecular flexibility index (Phi) is 3.50. The van der Waals surface area contributed by atoms with Crippen LogP contribution >= 0.6 is 0 Å². The quantitative estimate of drug-likeness (QED) is 0.883. The number of nitrogens with one attached hydrogen (secondary N) is 1. The molecule has 0 bridgehead atoms. The molecule has 3 nitrogen and oxygen atoms in total. The van der Waals surface area contributed by atoms with Gasteiger partial charge in [-0.1, -0.05) is 6.07 Å². The number of aromatic nitrogens is 1. The highest BCUT2D eigenvalue weighted by molar-refractivity contribution is 5.41. The smallest absolute Gasteiger partial charge is 0.128 e. The van der Waals surface area contributed by atoms with Crippen LogP contribution < -0.4 is 10.2 Å². The first-order valence-corrected chi connectivity index (χ1v) is 7.25. The van der Waals surface area contributed by atoms with E-state index in [2.05, 4.69) is 34.3 Å². The van der Waals surface area contributed by atoms with Gasteiger partial charge in [0.25, 0.3) is 0 Å². The van der Waals surface area contributed by atoms with Gasteiger partial charge in [0.15, 0.2) is 0 Å². The highest BCUT2D eigenvalue weighted by atomic mass is 15.2. The second-order valence-electron chi connectivity index (χ2n) is 5.72. The lowest BCUT2D eigenvalue weighted by Crippen LogP contribution is -2.46. The first-order valence-electron chi connectivity index (χ1n) is 7.25. The lowest BCUT2D eigenvalue weighted by molar-refractivity contribution is 0.431. The lowest BCUT2D eigenvalue weighted by atomic mass is 10.0. The van der Waals surface area contributed by atoms with Crippen molar-refractivity contribution in [1.29, 1.82) is 0 Å². The van der Waals surface area contributed by atoms with Gasteiger partial charge in [0, 0.05) is 31.4 Å². The van der Waals surface area contributed by atoms with Crippen LogP contribution in [0.5, 0.6) is 0 Å². The van der Waals surface area contributed by atoms with Gasteiger partial charge in [-0.3, -0.25) is 0 Å². The van der Waals surface area contributed by atoms with Crippen LogP contribution in [0.15, 0.2) is 18.3 Å². The molecule has 2 fully saturated rings. The third kappa shape index (κ3) is 2.83. The normalized spacial score (nSPS) is 24.3. The van der Waals surface area contributed by atoms with Crippen LogP contribution in [-0.2, 0) is 0 Å². The summed E-state index contributed by atoms with van der Waals surface area (Å²) >= 11 is 0. The summed E-state index contributed by atoms with van der Waals surface area (Å²) in [6.45, 7) is 4.38. The second kappa shape index (κ2) is 5.27. The lowest BCUT2D eigenvalue weighted by Gasteiger charge is -2.37. The summed E-state index contributed by atoms with van der Waals surface area (Å²) in [6.07, 6.45) is 8.68. The van der Waals surface area contributed by atoms with Gasteiger partial charge in [-0.05, 0) is 50.7 Å². The van der Waals surface area contributed by atoms with Gasteiger partial charge >= 0.3 is 0 Å². The van der Waals surface area contributed by atoms with Crippen molar-refractivity contribution in [2.75, 3.05) is 18.0 Å². The van der Waals surface area contributed by atoms with Gasteiger partial charge in [0.1, 0.15) is 5.82 Å². The summed E-state index contributed by atoms with van der Waals surface area (Å²) < 4.78 is 0. The maximum Gasteiger partial charge on any atom is 0.128 e. The molecule has 2 aliphatic rings. The zero-order valence-corrected chi connectivity index (χ0v) is 11.2. The standard InChI is InChI=1S/C15H23N3/c1-12-5-8-15(17-10-12)18-9-3-2-4-14(18)11-16-13-6-7-13/h5,8,10,13-14,16H,2-4,6-7,9,11H2,1H3. The molecular formula is C15H23N3. The monoisotopic (exact) mass is 245 g/mol. The van der Waals surface area contributed by atoms with Crippen LogP contribution in [-0.4, -0.2) is 30.2 Å². The van der Waals surface area contributed by atoms with Gasteiger partial charge in [-0.2, -0.15) is 0 Å². The van der Waals surface area contributed by atoms with Gasteiger partial charge in [0.05, 0.1) is 0 Å². The van der Waals surface area contributed by atoms with Crippen LogP contribution in [0.25, 0.3) is 0 Å². The van der Waals surface area contributed by atoms with Crippen molar-refractivity contribution in [2.24, 2.45) is 0 Å². The Balaban J connectivity index is 1.67. The molecule has 1 unspecified atom stereocenters. The van der Waals surface area contributed by atoms with Crippen molar-refractivity contribution in [3.05, 3.63) is 23.9 Å². The first-order chi connectivity index (χ1) is 8.83. The molecule has 3 heteroatoms. The van der Waals surface area contributed by atoms with E-state index in [1.165, 1.54) is 37.7 Å². The number of nitrogens with zero attached hydrogens (tertiary/aromatic N) is 2. The minimum atomic E-state index is 0.634. The first kappa shape index (κ1) is 12.0. The predicted molar refractivity (Wildman–Crippen MR) is 75.0 cm³/mol. The Morgan fingerprint density at radius 2 is 2.17 bits per heavy atom. The van der Waals surface area contributed by atoms with Crippen molar-refractivity contribution in [1.82, 2.24) is 10.3 Å². The highest BCUT2D eigenvalue weighted by Gasteiger charge is 2.26. The van der Waals surface area contributed by atoms with Crippen molar-refractivity contribution < 1.29 is 0 Å². The molecule has 0 aromatic carbocycles. The maximum absolute atomic E-state index is 4.59. The second-order valence-corrected chi connectivity index (χ2v) is 5.72. The highest BCUT2D eigenvalue weighted by Crippen LogP contribution is 2.24. The summed E-state index contributed by atoms with van der Waals surface area (Å²) in [5.74, 6) is 1.16. The van der Waals surface area contributed by atoms with E-state index in [0.29, 0.717) is 6.04 Å². The Morgan fingerprint density at radius 3 is 2.89 bits per heavy atom. The molecular weight excluding hydrogens is 222 g/mol. The molecule has 1 N–H and O–H groups in total. The zero-order chi connectivity index (χ0) is 12.4. The summed E-state index contributed by atoms with van der Waals surface area (Å²) in [4.78, 5) is 7.09. The van der Waals surface area contributed by atoms with Crippen molar-refractivity contribution in [3.63, 3.8) is 0 Å². The van der Waals surface area contributed by atoms with Crippen LogP contribution in [0.3, 0.4) is 0 Å². The fourth-order valence-electron chi connectivity index (χ4n) is 2.73. The Hall–Kier alpha value is -1.09.